The van der Waals surface area contributed by atoms with Crippen molar-refractivity contribution >= 4 is 11.7 Å². The molecular weight excluding hydrogens is 226 g/mol. The molecule has 18 heavy (non-hydrogen) atoms. The van der Waals surface area contributed by atoms with Crippen molar-refractivity contribution in [2.24, 2.45) is 0 Å². The first-order valence-electron chi connectivity index (χ1n) is 6.74. The molecule has 0 bridgehead atoms. The van der Waals surface area contributed by atoms with E-state index in [9.17, 15) is 4.79 Å². The van der Waals surface area contributed by atoms with Gasteiger partial charge < -0.3 is 10.0 Å². The Bertz CT molecular complexity index is 417. The molecule has 2 rings (SSSR count). The largest absolute Gasteiger partial charge is 0.481 e. The number of hydrogen-bond donors (Lipinski definition) is 1. The van der Waals surface area contributed by atoms with Gasteiger partial charge >= 0.3 is 5.97 Å². The number of nitrogens with zero attached hydrogens (tertiary/aromatic N) is 1. The number of carboxylic acid groups (broad SMARTS) is 1. The van der Waals surface area contributed by atoms with Gasteiger partial charge in [0.15, 0.2) is 0 Å². The van der Waals surface area contributed by atoms with Crippen molar-refractivity contribution in [1.29, 1.82) is 0 Å². The Morgan fingerprint density at radius 2 is 2.17 bits per heavy atom. The first-order valence-corrected chi connectivity index (χ1v) is 6.74. The molecular formula is C15H21NO2. The third kappa shape index (κ3) is 3.03. The van der Waals surface area contributed by atoms with Gasteiger partial charge in [0.05, 0.1) is 0 Å². The lowest BCUT2D eigenvalue weighted by atomic mass is 9.91. The molecule has 98 valence electrons. The van der Waals surface area contributed by atoms with Crippen molar-refractivity contribution in [2.45, 2.75) is 38.5 Å². The number of carboxylic acids is 1. The highest BCUT2D eigenvalue weighted by Gasteiger charge is 2.20. The van der Waals surface area contributed by atoms with Crippen molar-refractivity contribution in [3.8, 4) is 0 Å². The number of aliphatic carboxylic acids is 1. The number of carbonyl (C=O) groups is 1. The van der Waals surface area contributed by atoms with Crippen LogP contribution in [0.5, 0.6) is 0 Å². The predicted molar refractivity (Wildman–Crippen MR) is 73.2 cm³/mol. The van der Waals surface area contributed by atoms with Gasteiger partial charge in [-0.25, -0.2) is 0 Å². The lowest BCUT2D eigenvalue weighted by Crippen LogP contribution is -2.31. The van der Waals surface area contributed by atoms with Crippen molar-refractivity contribution in [2.75, 3.05) is 18.0 Å². The number of rotatable bonds is 5. The fourth-order valence-corrected chi connectivity index (χ4v) is 2.63. The van der Waals surface area contributed by atoms with Gasteiger partial charge in [-0.15, -0.1) is 0 Å². The van der Waals surface area contributed by atoms with Gasteiger partial charge in [-0.05, 0) is 36.8 Å². The van der Waals surface area contributed by atoms with E-state index in [4.69, 9.17) is 5.11 Å². The maximum absolute atomic E-state index is 10.5. The average molecular weight is 247 g/mol. The van der Waals surface area contributed by atoms with Crippen molar-refractivity contribution in [1.82, 2.24) is 0 Å². The third-order valence-corrected chi connectivity index (χ3v) is 3.71. The van der Waals surface area contributed by atoms with Crippen molar-refractivity contribution < 1.29 is 9.90 Å². The molecule has 3 heteroatoms. The molecule has 1 unspecified atom stereocenters. The van der Waals surface area contributed by atoms with Crippen molar-refractivity contribution in [3.05, 3.63) is 29.8 Å². The van der Waals surface area contributed by atoms with Crippen LogP contribution < -0.4 is 4.90 Å². The van der Waals surface area contributed by atoms with Crippen LogP contribution in [0.4, 0.5) is 5.69 Å². The van der Waals surface area contributed by atoms with Crippen LogP contribution in [0, 0.1) is 0 Å². The molecule has 0 saturated heterocycles. The molecule has 1 aliphatic heterocycles. The maximum Gasteiger partial charge on any atom is 0.303 e. The summed E-state index contributed by atoms with van der Waals surface area (Å²) >= 11 is 0. The second kappa shape index (κ2) is 5.89. The summed E-state index contributed by atoms with van der Waals surface area (Å²) in [5.41, 5.74) is 2.77. The summed E-state index contributed by atoms with van der Waals surface area (Å²) in [6.45, 7) is 4.34. The Morgan fingerprint density at radius 3 is 2.94 bits per heavy atom. The molecule has 0 aliphatic carbocycles. The van der Waals surface area contributed by atoms with Gasteiger partial charge in [-0.2, -0.15) is 0 Å². The summed E-state index contributed by atoms with van der Waals surface area (Å²) in [4.78, 5) is 12.9. The van der Waals surface area contributed by atoms with Crippen LogP contribution >= 0.6 is 0 Å². The standard InChI is InChI=1S/C15H21NO2/c1-12-9-11-16(10-5-4-8-15(17)18)14-7-3-2-6-13(12)14/h2-3,6-7,12H,4-5,8-11H2,1H3,(H,17,18). The van der Waals surface area contributed by atoms with Crippen LogP contribution in [0.1, 0.15) is 44.1 Å². The Kier molecular flexibility index (Phi) is 4.24. The van der Waals surface area contributed by atoms with Crippen LogP contribution in [0.2, 0.25) is 0 Å². The summed E-state index contributed by atoms with van der Waals surface area (Å²) < 4.78 is 0. The first-order chi connectivity index (χ1) is 8.68. The van der Waals surface area contributed by atoms with E-state index in [1.165, 1.54) is 17.7 Å². The highest BCUT2D eigenvalue weighted by Crippen LogP contribution is 2.34. The minimum atomic E-state index is -0.692. The zero-order valence-electron chi connectivity index (χ0n) is 10.9. The molecule has 0 spiro atoms. The lowest BCUT2D eigenvalue weighted by molar-refractivity contribution is -0.137. The van der Waals surface area contributed by atoms with Crippen LogP contribution in [-0.4, -0.2) is 24.2 Å². The van der Waals surface area contributed by atoms with E-state index in [0.29, 0.717) is 5.92 Å². The zero-order chi connectivity index (χ0) is 13.0. The summed E-state index contributed by atoms with van der Waals surface area (Å²) in [6, 6.07) is 8.58. The molecule has 0 fully saturated rings. The molecule has 1 aliphatic rings. The van der Waals surface area contributed by atoms with Crippen LogP contribution in [-0.2, 0) is 4.79 Å². The normalized spacial score (nSPS) is 18.5. The van der Waals surface area contributed by atoms with Crippen LogP contribution in [0.15, 0.2) is 24.3 Å². The minimum absolute atomic E-state index is 0.284. The van der Waals surface area contributed by atoms with Gasteiger partial charge in [0.1, 0.15) is 0 Å². The number of fused-ring (bicyclic) bond motifs is 1. The molecule has 1 N–H and O–H groups in total. The van der Waals surface area contributed by atoms with Crippen LogP contribution in [0.25, 0.3) is 0 Å². The van der Waals surface area contributed by atoms with E-state index in [0.717, 1.165) is 25.9 Å². The van der Waals surface area contributed by atoms with Gasteiger partial charge in [0, 0.05) is 25.2 Å². The smallest absolute Gasteiger partial charge is 0.303 e. The van der Waals surface area contributed by atoms with Crippen LogP contribution in [0.3, 0.4) is 0 Å². The van der Waals surface area contributed by atoms with E-state index in [1.807, 2.05) is 0 Å². The number of unbranched alkanes of at least 4 members (excludes halogenated alkanes) is 1. The topological polar surface area (TPSA) is 40.5 Å². The number of para-hydroxylation sites is 1. The molecule has 0 radical (unpaired) electrons. The average Bonchev–Trinajstić information content (AvgIpc) is 2.37. The van der Waals surface area contributed by atoms with E-state index < -0.39 is 5.97 Å². The third-order valence-electron chi connectivity index (χ3n) is 3.71. The predicted octanol–water partition coefficient (Wildman–Crippen LogP) is 3.26. The van der Waals surface area contributed by atoms with E-state index in [1.54, 1.807) is 0 Å². The molecule has 1 aromatic rings. The molecule has 1 aromatic carbocycles. The Balaban J connectivity index is 1.94. The van der Waals surface area contributed by atoms with Gasteiger partial charge in [0.2, 0.25) is 0 Å². The Hall–Kier alpha value is -1.51. The fourth-order valence-electron chi connectivity index (χ4n) is 2.63. The number of benzene rings is 1. The van der Waals surface area contributed by atoms with E-state index in [2.05, 4.69) is 36.1 Å². The van der Waals surface area contributed by atoms with Gasteiger partial charge in [0.25, 0.3) is 0 Å². The SMILES string of the molecule is CC1CCN(CCCCC(=O)O)c2ccccc21. The summed E-state index contributed by atoms with van der Waals surface area (Å²) in [5.74, 6) is -0.0564. The van der Waals surface area contributed by atoms with Crippen molar-refractivity contribution in [3.63, 3.8) is 0 Å². The zero-order valence-corrected chi connectivity index (χ0v) is 10.9. The molecule has 0 saturated carbocycles. The highest BCUT2D eigenvalue weighted by molar-refractivity contribution is 5.66. The van der Waals surface area contributed by atoms with E-state index in [-0.39, 0.29) is 6.42 Å². The fraction of sp³-hybridized carbons (Fsp3) is 0.533. The molecule has 3 nitrogen and oxygen atoms in total. The molecule has 1 heterocycles. The minimum Gasteiger partial charge on any atom is -0.481 e. The van der Waals surface area contributed by atoms with Gasteiger partial charge in [-0.3, -0.25) is 4.79 Å². The summed E-state index contributed by atoms with van der Waals surface area (Å²) in [6.07, 6.45) is 3.19. The van der Waals surface area contributed by atoms with Gasteiger partial charge in [-0.1, -0.05) is 25.1 Å². The first kappa shape index (κ1) is 12.9. The molecule has 0 amide bonds. The van der Waals surface area contributed by atoms with E-state index >= 15 is 0 Å². The monoisotopic (exact) mass is 247 g/mol. The number of anilines is 1. The molecule has 1 atom stereocenters. The number of hydrogen-bond acceptors (Lipinski definition) is 2. The molecule has 0 aromatic heterocycles. The highest BCUT2D eigenvalue weighted by atomic mass is 16.4. The Labute approximate surface area is 108 Å². The summed E-state index contributed by atoms with van der Waals surface area (Å²) in [5, 5.41) is 8.63. The maximum atomic E-state index is 10.5. The lowest BCUT2D eigenvalue weighted by Gasteiger charge is -2.34. The summed E-state index contributed by atoms with van der Waals surface area (Å²) in [7, 11) is 0. The Morgan fingerprint density at radius 1 is 1.39 bits per heavy atom. The quantitative estimate of drug-likeness (QED) is 0.812. The second-order valence-electron chi connectivity index (χ2n) is 5.09. The second-order valence-corrected chi connectivity index (χ2v) is 5.09.